The van der Waals surface area contributed by atoms with Crippen LogP contribution in [0.1, 0.15) is 0 Å². The van der Waals surface area contributed by atoms with Crippen molar-refractivity contribution in [3.63, 3.8) is 0 Å². The standard InChI is InChI=1S/C48H28N2OS/c1-2-11-32(12-3-1)46-38-15-6-8-16-40(38)49-48(50-46)39-26-25-35(47-45(39)44-34-13-5-4-10-30(34)23-27-41(44)51-47)31-20-18-29(19-21-31)33-22-24-37-36-14-7-9-17-42(36)52-43(37)28-33/h1-28H. The summed E-state index contributed by atoms with van der Waals surface area (Å²) in [6.07, 6.45) is 0. The highest BCUT2D eigenvalue weighted by atomic mass is 32.1. The van der Waals surface area contributed by atoms with Crippen LogP contribution < -0.4 is 0 Å². The number of para-hydroxylation sites is 1. The number of benzene rings is 8. The Bertz CT molecular complexity index is 3180. The molecule has 0 aliphatic rings. The van der Waals surface area contributed by atoms with E-state index in [4.69, 9.17) is 14.4 Å². The second-order valence-corrected chi connectivity index (χ2v) is 14.4. The summed E-state index contributed by atoms with van der Waals surface area (Å²) in [6, 6.07) is 60.1. The van der Waals surface area contributed by atoms with Gasteiger partial charge in [0, 0.05) is 53.0 Å². The highest BCUT2D eigenvalue weighted by Gasteiger charge is 2.22. The van der Waals surface area contributed by atoms with Crippen LogP contribution in [0.25, 0.3) is 109 Å². The van der Waals surface area contributed by atoms with Crippen LogP contribution in [0.3, 0.4) is 0 Å². The third-order valence-corrected chi connectivity index (χ3v) is 11.4. The lowest BCUT2D eigenvalue weighted by Gasteiger charge is -2.12. The number of hydrogen-bond donors (Lipinski definition) is 0. The molecule has 0 saturated heterocycles. The molecule has 52 heavy (non-hydrogen) atoms. The Morgan fingerprint density at radius 1 is 0.423 bits per heavy atom. The Morgan fingerprint density at radius 3 is 2.00 bits per heavy atom. The molecule has 3 aromatic heterocycles. The van der Waals surface area contributed by atoms with E-state index in [9.17, 15) is 0 Å². The average Bonchev–Trinajstić information content (AvgIpc) is 3.79. The number of hydrogen-bond acceptors (Lipinski definition) is 4. The maximum atomic E-state index is 6.85. The summed E-state index contributed by atoms with van der Waals surface area (Å²) in [5.74, 6) is 0.678. The van der Waals surface area contributed by atoms with Crippen LogP contribution in [0.5, 0.6) is 0 Å². The second-order valence-electron chi connectivity index (χ2n) is 13.3. The number of aromatic nitrogens is 2. The molecule has 242 valence electrons. The van der Waals surface area contributed by atoms with E-state index in [2.05, 4.69) is 152 Å². The lowest BCUT2D eigenvalue weighted by molar-refractivity contribution is 0.670. The fourth-order valence-electron chi connectivity index (χ4n) is 7.82. The van der Waals surface area contributed by atoms with Crippen molar-refractivity contribution in [2.75, 3.05) is 0 Å². The van der Waals surface area contributed by atoms with Gasteiger partial charge in [-0.05, 0) is 63.9 Å². The summed E-state index contributed by atoms with van der Waals surface area (Å²) in [4.78, 5) is 10.5. The second kappa shape index (κ2) is 11.5. The first kappa shape index (κ1) is 29.1. The van der Waals surface area contributed by atoms with Crippen molar-refractivity contribution < 1.29 is 4.42 Å². The number of fused-ring (bicyclic) bond motifs is 9. The molecule has 0 bridgehead atoms. The van der Waals surface area contributed by atoms with E-state index in [1.165, 1.54) is 36.7 Å². The van der Waals surface area contributed by atoms with Gasteiger partial charge in [-0.15, -0.1) is 11.3 Å². The van der Waals surface area contributed by atoms with Crippen LogP contribution in [0, 0.1) is 0 Å². The fraction of sp³-hybridized carbons (Fsp3) is 0. The van der Waals surface area contributed by atoms with E-state index in [1.807, 2.05) is 29.5 Å². The molecule has 3 nitrogen and oxygen atoms in total. The number of nitrogens with zero attached hydrogens (tertiary/aromatic N) is 2. The molecule has 8 aromatic carbocycles. The molecule has 0 aliphatic heterocycles. The highest BCUT2D eigenvalue weighted by molar-refractivity contribution is 7.25. The van der Waals surface area contributed by atoms with Gasteiger partial charge in [0.1, 0.15) is 11.2 Å². The van der Waals surface area contributed by atoms with E-state index in [-0.39, 0.29) is 0 Å². The van der Waals surface area contributed by atoms with Crippen molar-refractivity contribution in [1.82, 2.24) is 9.97 Å². The molecule has 0 saturated carbocycles. The minimum atomic E-state index is 0.678. The molecule has 0 N–H and O–H groups in total. The SMILES string of the molecule is c1ccc(-c2nc(-c3ccc(-c4ccc(-c5ccc6c(c5)sc5ccccc56)cc4)c4oc5ccc6ccccc6c5c34)nc3ccccc23)cc1. The molecule has 0 amide bonds. The van der Waals surface area contributed by atoms with Crippen molar-refractivity contribution in [3.05, 3.63) is 170 Å². The van der Waals surface area contributed by atoms with Gasteiger partial charge in [0.25, 0.3) is 0 Å². The molecule has 3 heterocycles. The zero-order valence-electron chi connectivity index (χ0n) is 27.9. The first-order valence-electron chi connectivity index (χ1n) is 17.5. The molecule has 0 fully saturated rings. The Hall–Kier alpha value is -6.62. The van der Waals surface area contributed by atoms with Gasteiger partial charge in [0.15, 0.2) is 5.82 Å². The summed E-state index contributed by atoms with van der Waals surface area (Å²) < 4.78 is 9.48. The molecule has 4 heteroatoms. The largest absolute Gasteiger partial charge is 0.455 e. The van der Waals surface area contributed by atoms with Crippen molar-refractivity contribution in [2.24, 2.45) is 0 Å². The number of furan rings is 1. The van der Waals surface area contributed by atoms with E-state index < -0.39 is 0 Å². The molecule has 0 radical (unpaired) electrons. The number of thiophene rings is 1. The van der Waals surface area contributed by atoms with Crippen molar-refractivity contribution in [3.8, 4) is 44.9 Å². The Labute approximate surface area is 303 Å². The van der Waals surface area contributed by atoms with Gasteiger partial charge in [-0.2, -0.15) is 0 Å². The third-order valence-electron chi connectivity index (χ3n) is 10.3. The monoisotopic (exact) mass is 680 g/mol. The third kappa shape index (κ3) is 4.51. The molecule has 0 aliphatic carbocycles. The predicted molar refractivity (Wildman–Crippen MR) is 219 cm³/mol. The van der Waals surface area contributed by atoms with Crippen LogP contribution in [0.2, 0.25) is 0 Å². The lowest BCUT2D eigenvalue weighted by atomic mass is 9.94. The summed E-state index contributed by atoms with van der Waals surface area (Å²) in [5.41, 5.74) is 10.0. The fourth-order valence-corrected chi connectivity index (χ4v) is 8.96. The lowest BCUT2D eigenvalue weighted by Crippen LogP contribution is -1.96. The van der Waals surface area contributed by atoms with E-state index in [0.29, 0.717) is 5.82 Å². The van der Waals surface area contributed by atoms with Crippen molar-refractivity contribution >= 4 is 75.1 Å². The Morgan fingerprint density at radius 2 is 1.12 bits per heavy atom. The summed E-state index contributed by atoms with van der Waals surface area (Å²) in [6.45, 7) is 0. The normalized spacial score (nSPS) is 11.8. The molecular weight excluding hydrogens is 653 g/mol. The van der Waals surface area contributed by atoms with Gasteiger partial charge in [0.05, 0.1) is 11.2 Å². The zero-order chi connectivity index (χ0) is 34.2. The molecule has 11 aromatic rings. The minimum Gasteiger partial charge on any atom is -0.455 e. The van der Waals surface area contributed by atoms with E-state index in [1.54, 1.807) is 0 Å². The van der Waals surface area contributed by atoms with Crippen molar-refractivity contribution in [1.29, 1.82) is 0 Å². The van der Waals surface area contributed by atoms with Crippen LogP contribution in [0.15, 0.2) is 174 Å². The van der Waals surface area contributed by atoms with Crippen molar-refractivity contribution in [2.45, 2.75) is 0 Å². The van der Waals surface area contributed by atoms with Crippen LogP contribution in [-0.2, 0) is 0 Å². The van der Waals surface area contributed by atoms with E-state index in [0.717, 1.165) is 66.2 Å². The van der Waals surface area contributed by atoms with Crippen LogP contribution >= 0.6 is 11.3 Å². The quantitative estimate of drug-likeness (QED) is 0.186. The maximum absolute atomic E-state index is 6.85. The average molecular weight is 681 g/mol. The van der Waals surface area contributed by atoms with Gasteiger partial charge in [0.2, 0.25) is 0 Å². The van der Waals surface area contributed by atoms with Gasteiger partial charge in [-0.3, -0.25) is 0 Å². The Balaban J connectivity index is 1.11. The maximum Gasteiger partial charge on any atom is 0.161 e. The first-order valence-corrected chi connectivity index (χ1v) is 18.3. The van der Waals surface area contributed by atoms with Gasteiger partial charge < -0.3 is 4.42 Å². The zero-order valence-corrected chi connectivity index (χ0v) is 28.7. The van der Waals surface area contributed by atoms with E-state index >= 15 is 0 Å². The molecule has 0 spiro atoms. The number of rotatable bonds is 4. The summed E-state index contributed by atoms with van der Waals surface area (Å²) >= 11 is 1.85. The topological polar surface area (TPSA) is 38.9 Å². The van der Waals surface area contributed by atoms with Gasteiger partial charge in [-0.25, -0.2) is 9.97 Å². The molecule has 11 rings (SSSR count). The van der Waals surface area contributed by atoms with Crippen LogP contribution in [0.4, 0.5) is 0 Å². The molecule has 0 unspecified atom stereocenters. The molecule has 0 atom stereocenters. The smallest absolute Gasteiger partial charge is 0.161 e. The Kier molecular flexibility index (Phi) is 6.42. The van der Waals surface area contributed by atoms with Gasteiger partial charge >= 0.3 is 0 Å². The minimum absolute atomic E-state index is 0.678. The predicted octanol–water partition coefficient (Wildman–Crippen LogP) is 13.7. The van der Waals surface area contributed by atoms with Crippen LogP contribution in [-0.4, -0.2) is 9.97 Å². The summed E-state index contributed by atoms with van der Waals surface area (Å²) in [5, 5.41) is 8.08. The van der Waals surface area contributed by atoms with Gasteiger partial charge in [-0.1, -0.05) is 133 Å². The molecular formula is C48H28N2OS. The first-order chi connectivity index (χ1) is 25.8. The highest BCUT2D eigenvalue weighted by Crippen LogP contribution is 2.45. The summed E-state index contributed by atoms with van der Waals surface area (Å²) in [7, 11) is 0.